The first-order chi connectivity index (χ1) is 12.5. The van der Waals surface area contributed by atoms with Gasteiger partial charge >= 0.3 is 0 Å². The molecule has 2 fully saturated rings. The molecule has 2 aliphatic rings. The summed E-state index contributed by atoms with van der Waals surface area (Å²) in [5.41, 5.74) is 5.64. The molecule has 1 spiro atoms. The monoisotopic (exact) mass is 358 g/mol. The van der Waals surface area contributed by atoms with E-state index in [-0.39, 0.29) is 18.2 Å². The summed E-state index contributed by atoms with van der Waals surface area (Å²) in [5.74, 6) is -0.398. The van der Waals surface area contributed by atoms with E-state index in [0.717, 1.165) is 5.56 Å². The maximum Gasteiger partial charge on any atom is 0.242 e. The van der Waals surface area contributed by atoms with E-state index in [1.807, 2.05) is 18.2 Å². The van der Waals surface area contributed by atoms with Crippen LogP contribution < -0.4 is 11.1 Å². The Kier molecular flexibility index (Phi) is 5.56. The lowest BCUT2D eigenvalue weighted by atomic mass is 9.90. The highest BCUT2D eigenvalue weighted by molar-refractivity contribution is 5.90. The molecule has 7 heteroatoms. The summed E-state index contributed by atoms with van der Waals surface area (Å²) in [5, 5.41) is 2.93. The number of rotatable bonds is 6. The predicted molar refractivity (Wildman–Crippen MR) is 96.8 cm³/mol. The van der Waals surface area contributed by atoms with Gasteiger partial charge in [-0.15, -0.1) is 0 Å². The number of hydrogen-bond donors (Lipinski definition) is 2. The molecular weight excluding hydrogens is 332 g/mol. The Balaban J connectivity index is 1.70. The summed E-state index contributed by atoms with van der Waals surface area (Å²) in [6, 6.07) is 10.1. The number of nitrogens with one attached hydrogen (secondary N) is 1. The van der Waals surface area contributed by atoms with Crippen LogP contribution in [0.5, 0.6) is 0 Å². The van der Waals surface area contributed by atoms with Gasteiger partial charge in [0.2, 0.25) is 17.7 Å². The van der Waals surface area contributed by atoms with E-state index in [1.165, 1.54) is 0 Å². The summed E-state index contributed by atoms with van der Waals surface area (Å²) in [7, 11) is 0. The fraction of sp³-hybridized carbons (Fsp3) is 0.526. The summed E-state index contributed by atoms with van der Waals surface area (Å²) in [4.78, 5) is 40.0. The molecule has 2 saturated heterocycles. The quantitative estimate of drug-likeness (QED) is 0.762. The van der Waals surface area contributed by atoms with Gasteiger partial charge in [0.1, 0.15) is 5.54 Å². The minimum atomic E-state index is -0.659. The number of amides is 3. The number of carbonyl (C=O) groups is 3. The summed E-state index contributed by atoms with van der Waals surface area (Å²) < 4.78 is 0. The van der Waals surface area contributed by atoms with Gasteiger partial charge in [0.25, 0.3) is 0 Å². The molecule has 0 aromatic heterocycles. The zero-order valence-electron chi connectivity index (χ0n) is 14.9. The molecule has 0 radical (unpaired) electrons. The third kappa shape index (κ3) is 3.88. The van der Waals surface area contributed by atoms with Crippen LogP contribution in [-0.4, -0.2) is 59.2 Å². The van der Waals surface area contributed by atoms with Gasteiger partial charge in [-0.3, -0.25) is 19.3 Å². The van der Waals surface area contributed by atoms with E-state index in [1.54, 1.807) is 4.90 Å². The molecule has 2 heterocycles. The second kappa shape index (κ2) is 7.86. The van der Waals surface area contributed by atoms with E-state index < -0.39 is 11.4 Å². The van der Waals surface area contributed by atoms with E-state index in [9.17, 15) is 14.4 Å². The Morgan fingerprint density at radius 2 is 1.92 bits per heavy atom. The van der Waals surface area contributed by atoms with Gasteiger partial charge in [-0.05, 0) is 18.4 Å². The van der Waals surface area contributed by atoms with Crippen LogP contribution in [0.2, 0.25) is 0 Å². The maximum atomic E-state index is 12.7. The van der Waals surface area contributed by atoms with Crippen molar-refractivity contribution in [3.05, 3.63) is 35.9 Å². The van der Waals surface area contributed by atoms with E-state index in [4.69, 9.17) is 5.73 Å². The van der Waals surface area contributed by atoms with Crippen molar-refractivity contribution < 1.29 is 14.4 Å². The average Bonchev–Trinajstić information content (AvgIpc) is 2.98. The van der Waals surface area contributed by atoms with Crippen molar-refractivity contribution in [1.29, 1.82) is 0 Å². The fourth-order valence-corrected chi connectivity index (χ4v) is 3.88. The molecule has 7 nitrogen and oxygen atoms in total. The molecule has 1 atom stereocenters. The summed E-state index contributed by atoms with van der Waals surface area (Å²) in [6.07, 6.45) is 1.66. The van der Waals surface area contributed by atoms with E-state index in [0.29, 0.717) is 52.0 Å². The number of nitrogens with zero attached hydrogens (tertiary/aromatic N) is 2. The van der Waals surface area contributed by atoms with Gasteiger partial charge in [-0.2, -0.15) is 0 Å². The van der Waals surface area contributed by atoms with Crippen molar-refractivity contribution in [2.45, 2.75) is 37.8 Å². The van der Waals surface area contributed by atoms with Crippen molar-refractivity contribution in [3.63, 3.8) is 0 Å². The van der Waals surface area contributed by atoms with Crippen LogP contribution in [0.1, 0.15) is 31.2 Å². The van der Waals surface area contributed by atoms with Gasteiger partial charge in [0.05, 0.1) is 0 Å². The topological polar surface area (TPSA) is 95.7 Å². The minimum Gasteiger partial charge on any atom is -0.370 e. The molecule has 1 unspecified atom stereocenters. The Bertz CT molecular complexity index is 679. The largest absolute Gasteiger partial charge is 0.370 e. The third-order valence-electron chi connectivity index (χ3n) is 5.33. The molecule has 2 aliphatic heterocycles. The Morgan fingerprint density at radius 3 is 2.58 bits per heavy atom. The molecule has 26 heavy (non-hydrogen) atoms. The van der Waals surface area contributed by atoms with Crippen LogP contribution in [0, 0.1) is 0 Å². The molecule has 0 aliphatic carbocycles. The van der Waals surface area contributed by atoms with Crippen LogP contribution in [0.25, 0.3) is 0 Å². The van der Waals surface area contributed by atoms with Crippen LogP contribution >= 0.6 is 0 Å². The van der Waals surface area contributed by atoms with Gasteiger partial charge in [0.15, 0.2) is 0 Å². The van der Waals surface area contributed by atoms with Crippen LogP contribution in [0.4, 0.5) is 0 Å². The normalized spacial score (nSPS) is 23.2. The molecule has 1 aromatic carbocycles. The highest BCUT2D eigenvalue weighted by Gasteiger charge is 2.51. The molecule has 3 N–H and O–H groups in total. The Hall–Kier alpha value is -2.41. The zero-order chi connectivity index (χ0) is 18.6. The number of nitrogens with two attached hydrogens (primary N) is 1. The zero-order valence-corrected chi connectivity index (χ0v) is 14.9. The van der Waals surface area contributed by atoms with Crippen LogP contribution in [0.15, 0.2) is 30.3 Å². The maximum absolute atomic E-state index is 12.7. The molecule has 1 aromatic rings. The van der Waals surface area contributed by atoms with Crippen LogP contribution in [0.3, 0.4) is 0 Å². The van der Waals surface area contributed by atoms with Crippen LogP contribution in [-0.2, 0) is 20.9 Å². The van der Waals surface area contributed by atoms with Crippen molar-refractivity contribution in [2.24, 2.45) is 5.73 Å². The second-order valence-corrected chi connectivity index (χ2v) is 7.08. The standard InChI is InChI=1S/C19H26N4O3/c20-16(24)7-4-8-17(25)22-11-12-23(13-15-5-2-1-3-6-15)19(14-22)9-10-21-18(19)26/h1-3,5-6H,4,7-14H2,(H2,20,24)(H,21,26). The number of hydrogen-bond acceptors (Lipinski definition) is 4. The minimum absolute atomic E-state index is 0.00284. The Labute approximate surface area is 153 Å². The average molecular weight is 358 g/mol. The predicted octanol–water partition coefficient (Wildman–Crippen LogP) is 0.245. The van der Waals surface area contributed by atoms with E-state index in [2.05, 4.69) is 22.3 Å². The summed E-state index contributed by atoms with van der Waals surface area (Å²) >= 11 is 0. The second-order valence-electron chi connectivity index (χ2n) is 7.08. The SMILES string of the molecule is NC(=O)CCCC(=O)N1CCN(Cc2ccccc2)C2(CCNC2=O)C1. The third-order valence-corrected chi connectivity index (χ3v) is 5.33. The van der Waals surface area contributed by atoms with Gasteiger partial charge in [-0.1, -0.05) is 30.3 Å². The lowest BCUT2D eigenvalue weighted by molar-refractivity contribution is -0.144. The van der Waals surface area contributed by atoms with E-state index >= 15 is 0 Å². The first-order valence-corrected chi connectivity index (χ1v) is 9.15. The lowest BCUT2D eigenvalue weighted by Crippen LogP contribution is -2.65. The number of primary amides is 1. The molecule has 0 saturated carbocycles. The highest BCUT2D eigenvalue weighted by atomic mass is 16.2. The van der Waals surface area contributed by atoms with Crippen molar-refractivity contribution in [2.75, 3.05) is 26.2 Å². The summed E-state index contributed by atoms with van der Waals surface area (Å²) in [6.45, 7) is 2.98. The number of benzene rings is 1. The van der Waals surface area contributed by atoms with Crippen molar-refractivity contribution >= 4 is 17.7 Å². The van der Waals surface area contributed by atoms with Crippen molar-refractivity contribution in [1.82, 2.24) is 15.1 Å². The van der Waals surface area contributed by atoms with Gasteiger partial charge in [0, 0.05) is 45.6 Å². The molecule has 3 rings (SSSR count). The Morgan fingerprint density at radius 1 is 1.15 bits per heavy atom. The smallest absolute Gasteiger partial charge is 0.242 e. The highest BCUT2D eigenvalue weighted by Crippen LogP contribution is 2.31. The van der Waals surface area contributed by atoms with Gasteiger partial charge in [-0.25, -0.2) is 0 Å². The molecule has 0 bridgehead atoms. The molecular formula is C19H26N4O3. The number of carbonyl (C=O) groups excluding carboxylic acids is 3. The molecule has 140 valence electrons. The number of piperazine rings is 1. The first-order valence-electron chi connectivity index (χ1n) is 9.15. The molecule has 3 amide bonds. The fourth-order valence-electron chi connectivity index (χ4n) is 3.88. The van der Waals surface area contributed by atoms with Crippen molar-refractivity contribution in [3.8, 4) is 0 Å². The first kappa shape index (κ1) is 18.4. The lowest BCUT2D eigenvalue weighted by Gasteiger charge is -2.47. The van der Waals surface area contributed by atoms with Gasteiger partial charge < -0.3 is 16.0 Å².